The fourth-order valence-electron chi connectivity index (χ4n) is 1.91. The molecule has 1 aliphatic rings. The lowest BCUT2D eigenvalue weighted by molar-refractivity contribution is 0.0929. The van der Waals surface area contributed by atoms with Crippen molar-refractivity contribution in [2.24, 2.45) is 0 Å². The molecule has 1 unspecified atom stereocenters. The van der Waals surface area contributed by atoms with Gasteiger partial charge < -0.3 is 10.6 Å². The van der Waals surface area contributed by atoms with E-state index in [-0.39, 0.29) is 17.8 Å². The van der Waals surface area contributed by atoms with E-state index in [4.69, 9.17) is 0 Å². The SMILES string of the molecule is O=C(NC1CCCNC1)c1ccc(F)cc1I. The minimum atomic E-state index is -0.315. The fourth-order valence-corrected chi connectivity index (χ4v) is 2.63. The van der Waals surface area contributed by atoms with Gasteiger partial charge >= 0.3 is 0 Å². The Balaban J connectivity index is 2.03. The number of amides is 1. The average molecular weight is 348 g/mol. The second-order valence-electron chi connectivity index (χ2n) is 4.14. The van der Waals surface area contributed by atoms with Crippen molar-refractivity contribution < 1.29 is 9.18 Å². The molecule has 92 valence electrons. The smallest absolute Gasteiger partial charge is 0.252 e. The summed E-state index contributed by atoms with van der Waals surface area (Å²) < 4.78 is 13.6. The minimum Gasteiger partial charge on any atom is -0.348 e. The van der Waals surface area contributed by atoms with Crippen LogP contribution in [0.2, 0.25) is 0 Å². The Bertz CT molecular complexity index is 419. The normalized spacial score (nSPS) is 20.0. The van der Waals surface area contributed by atoms with Gasteiger partial charge in [0.25, 0.3) is 5.91 Å². The van der Waals surface area contributed by atoms with Crippen molar-refractivity contribution in [3.05, 3.63) is 33.1 Å². The molecule has 1 atom stereocenters. The van der Waals surface area contributed by atoms with Crippen LogP contribution in [0.4, 0.5) is 4.39 Å². The Labute approximate surface area is 113 Å². The van der Waals surface area contributed by atoms with E-state index in [0.29, 0.717) is 9.13 Å². The predicted molar refractivity (Wildman–Crippen MR) is 72.5 cm³/mol. The molecular formula is C12H14FIN2O. The Kier molecular flexibility index (Phi) is 4.33. The number of hydrogen-bond donors (Lipinski definition) is 2. The number of hydrogen-bond acceptors (Lipinski definition) is 2. The second kappa shape index (κ2) is 5.77. The highest BCUT2D eigenvalue weighted by Crippen LogP contribution is 2.14. The molecule has 1 aliphatic heterocycles. The van der Waals surface area contributed by atoms with E-state index in [1.54, 1.807) is 0 Å². The lowest BCUT2D eigenvalue weighted by atomic mass is 10.1. The largest absolute Gasteiger partial charge is 0.348 e. The molecular weight excluding hydrogens is 334 g/mol. The van der Waals surface area contributed by atoms with Gasteiger partial charge in [-0.05, 0) is 60.2 Å². The molecule has 0 saturated carbocycles. The van der Waals surface area contributed by atoms with Crippen LogP contribution in [-0.2, 0) is 0 Å². The molecule has 1 saturated heterocycles. The number of carbonyl (C=O) groups excluding carboxylic acids is 1. The van der Waals surface area contributed by atoms with Gasteiger partial charge in [0, 0.05) is 16.2 Å². The van der Waals surface area contributed by atoms with Gasteiger partial charge in [0.15, 0.2) is 0 Å². The molecule has 0 aliphatic carbocycles. The summed E-state index contributed by atoms with van der Waals surface area (Å²) in [7, 11) is 0. The van der Waals surface area contributed by atoms with E-state index in [1.807, 2.05) is 22.6 Å². The average Bonchev–Trinajstić information content (AvgIpc) is 2.30. The Morgan fingerprint density at radius 3 is 3.00 bits per heavy atom. The first-order chi connectivity index (χ1) is 8.16. The molecule has 0 spiro atoms. The van der Waals surface area contributed by atoms with Crippen molar-refractivity contribution in [2.75, 3.05) is 13.1 Å². The van der Waals surface area contributed by atoms with Crippen LogP contribution in [0.1, 0.15) is 23.2 Å². The number of benzene rings is 1. The van der Waals surface area contributed by atoms with E-state index in [2.05, 4.69) is 10.6 Å². The van der Waals surface area contributed by atoms with Gasteiger partial charge in [-0.3, -0.25) is 4.79 Å². The fraction of sp³-hybridized carbons (Fsp3) is 0.417. The summed E-state index contributed by atoms with van der Waals surface area (Å²) in [4.78, 5) is 12.0. The van der Waals surface area contributed by atoms with Gasteiger partial charge in [-0.2, -0.15) is 0 Å². The zero-order valence-corrected chi connectivity index (χ0v) is 11.5. The van der Waals surface area contributed by atoms with Crippen LogP contribution in [0.5, 0.6) is 0 Å². The van der Waals surface area contributed by atoms with E-state index in [1.165, 1.54) is 18.2 Å². The summed E-state index contributed by atoms with van der Waals surface area (Å²) in [6.07, 6.45) is 2.07. The molecule has 2 N–H and O–H groups in total. The first kappa shape index (κ1) is 12.8. The minimum absolute atomic E-state index is 0.122. The van der Waals surface area contributed by atoms with Crippen LogP contribution in [0.25, 0.3) is 0 Å². The van der Waals surface area contributed by atoms with Crippen LogP contribution in [0.3, 0.4) is 0 Å². The van der Waals surface area contributed by atoms with Crippen molar-refractivity contribution in [1.82, 2.24) is 10.6 Å². The van der Waals surface area contributed by atoms with Crippen molar-refractivity contribution in [3.63, 3.8) is 0 Å². The molecule has 3 nitrogen and oxygen atoms in total. The topological polar surface area (TPSA) is 41.1 Å². The third-order valence-corrected chi connectivity index (χ3v) is 3.70. The number of nitrogens with one attached hydrogen (secondary N) is 2. The summed E-state index contributed by atoms with van der Waals surface area (Å²) in [6, 6.07) is 4.39. The highest BCUT2D eigenvalue weighted by atomic mass is 127. The molecule has 0 bridgehead atoms. The highest BCUT2D eigenvalue weighted by molar-refractivity contribution is 14.1. The Morgan fingerprint density at radius 2 is 2.35 bits per heavy atom. The monoisotopic (exact) mass is 348 g/mol. The molecule has 0 radical (unpaired) electrons. The maximum Gasteiger partial charge on any atom is 0.252 e. The van der Waals surface area contributed by atoms with Crippen LogP contribution >= 0.6 is 22.6 Å². The van der Waals surface area contributed by atoms with Gasteiger partial charge in [0.2, 0.25) is 0 Å². The molecule has 1 heterocycles. The molecule has 1 aromatic rings. The summed E-state index contributed by atoms with van der Waals surface area (Å²) in [5.74, 6) is -0.437. The van der Waals surface area contributed by atoms with Crippen molar-refractivity contribution in [3.8, 4) is 0 Å². The predicted octanol–water partition coefficient (Wildman–Crippen LogP) is 1.91. The first-order valence-corrected chi connectivity index (χ1v) is 6.71. The van der Waals surface area contributed by atoms with E-state index < -0.39 is 0 Å². The molecule has 5 heteroatoms. The highest BCUT2D eigenvalue weighted by Gasteiger charge is 2.17. The van der Waals surface area contributed by atoms with Crippen LogP contribution < -0.4 is 10.6 Å². The molecule has 2 rings (SSSR count). The molecule has 0 aromatic heterocycles. The van der Waals surface area contributed by atoms with Gasteiger partial charge in [0.05, 0.1) is 5.56 Å². The zero-order valence-electron chi connectivity index (χ0n) is 9.30. The van der Waals surface area contributed by atoms with Gasteiger partial charge in [0.1, 0.15) is 5.82 Å². The van der Waals surface area contributed by atoms with Gasteiger partial charge in [-0.1, -0.05) is 0 Å². The quantitative estimate of drug-likeness (QED) is 0.802. The Hall–Kier alpha value is -0.690. The van der Waals surface area contributed by atoms with E-state index in [9.17, 15) is 9.18 Å². The first-order valence-electron chi connectivity index (χ1n) is 5.63. The zero-order chi connectivity index (χ0) is 12.3. The van der Waals surface area contributed by atoms with Crippen molar-refractivity contribution >= 4 is 28.5 Å². The summed E-state index contributed by atoms with van der Waals surface area (Å²) >= 11 is 1.98. The number of halogens is 2. The molecule has 1 amide bonds. The Morgan fingerprint density at radius 1 is 1.53 bits per heavy atom. The van der Waals surface area contributed by atoms with Gasteiger partial charge in [-0.15, -0.1) is 0 Å². The maximum atomic E-state index is 12.9. The van der Waals surface area contributed by atoms with E-state index in [0.717, 1.165) is 25.9 Å². The third kappa shape index (κ3) is 3.38. The molecule has 1 fully saturated rings. The lowest BCUT2D eigenvalue weighted by Crippen LogP contribution is -2.45. The maximum absolute atomic E-state index is 12.9. The lowest BCUT2D eigenvalue weighted by Gasteiger charge is -2.24. The van der Waals surface area contributed by atoms with Gasteiger partial charge in [-0.25, -0.2) is 4.39 Å². The van der Waals surface area contributed by atoms with Crippen molar-refractivity contribution in [2.45, 2.75) is 18.9 Å². The second-order valence-corrected chi connectivity index (χ2v) is 5.30. The molecule has 1 aromatic carbocycles. The summed E-state index contributed by atoms with van der Waals surface area (Å²) in [5.41, 5.74) is 0.539. The summed E-state index contributed by atoms with van der Waals surface area (Å²) in [5, 5.41) is 6.21. The van der Waals surface area contributed by atoms with Crippen LogP contribution in [0, 0.1) is 9.39 Å². The number of rotatable bonds is 2. The van der Waals surface area contributed by atoms with E-state index >= 15 is 0 Å². The summed E-state index contributed by atoms with van der Waals surface area (Å²) in [6.45, 7) is 1.82. The molecule has 17 heavy (non-hydrogen) atoms. The van der Waals surface area contributed by atoms with Crippen molar-refractivity contribution in [1.29, 1.82) is 0 Å². The standard InChI is InChI=1S/C12H14FIN2O/c13-8-3-4-10(11(14)6-8)12(17)16-9-2-1-5-15-7-9/h3-4,6,9,15H,1-2,5,7H2,(H,16,17). The number of piperidine rings is 1. The number of carbonyl (C=O) groups is 1. The van der Waals surface area contributed by atoms with Crippen LogP contribution in [0.15, 0.2) is 18.2 Å². The third-order valence-electron chi connectivity index (χ3n) is 2.81. The van der Waals surface area contributed by atoms with Crippen LogP contribution in [-0.4, -0.2) is 25.0 Å².